The minimum absolute atomic E-state index is 0.0717. The fraction of sp³-hybridized carbons (Fsp3) is 0.294. The minimum atomic E-state index is -0.517. The van der Waals surface area contributed by atoms with Crippen LogP contribution in [0.15, 0.2) is 30.1 Å². The zero-order valence-corrected chi connectivity index (χ0v) is 13.6. The molecular formula is C17H15ClFN3O2. The van der Waals surface area contributed by atoms with Gasteiger partial charge in [0.25, 0.3) is 0 Å². The molecule has 1 N–H and O–H groups in total. The van der Waals surface area contributed by atoms with Gasteiger partial charge in [-0.05, 0) is 30.5 Å². The van der Waals surface area contributed by atoms with E-state index in [1.165, 1.54) is 0 Å². The minimum Gasteiger partial charge on any atom is -0.387 e. The maximum absolute atomic E-state index is 14.6. The Morgan fingerprint density at radius 1 is 1.46 bits per heavy atom. The number of nitrogens with zero attached hydrogens (tertiary/aromatic N) is 3. The van der Waals surface area contributed by atoms with E-state index in [-0.39, 0.29) is 10.9 Å². The standard InChI is InChI=1S/C17H15ClFN3O2/c18-13-7-14(22-4-1-3-20-22)16-11(17(13)19)6-10-2-5-21(8-12(10)16)15(24)9-23/h1,3-4,7,23H,2,5-6,8-9H2. The molecule has 1 aliphatic heterocycles. The van der Waals surface area contributed by atoms with Gasteiger partial charge in [-0.25, -0.2) is 9.07 Å². The molecule has 0 bridgehead atoms. The molecule has 1 aromatic carbocycles. The summed E-state index contributed by atoms with van der Waals surface area (Å²) in [6.07, 6.45) is 4.61. The fourth-order valence-corrected chi connectivity index (χ4v) is 3.76. The normalized spacial score (nSPS) is 16.4. The average molecular weight is 348 g/mol. The van der Waals surface area contributed by atoms with Gasteiger partial charge >= 0.3 is 0 Å². The molecule has 0 spiro atoms. The molecule has 0 radical (unpaired) electrons. The zero-order chi connectivity index (χ0) is 16.8. The number of fused-ring (bicyclic) bond motifs is 2. The van der Waals surface area contributed by atoms with Crippen LogP contribution in [-0.2, 0) is 11.2 Å². The number of rotatable bonds is 2. The Morgan fingerprint density at radius 3 is 3.00 bits per heavy atom. The Balaban J connectivity index is 1.86. The third-order valence-electron chi connectivity index (χ3n) is 4.69. The molecule has 24 heavy (non-hydrogen) atoms. The van der Waals surface area contributed by atoms with Crippen LogP contribution in [0.2, 0.25) is 5.02 Å². The second kappa shape index (κ2) is 5.72. The largest absolute Gasteiger partial charge is 0.387 e. The maximum atomic E-state index is 14.6. The summed E-state index contributed by atoms with van der Waals surface area (Å²) in [7, 11) is 0. The van der Waals surface area contributed by atoms with Crippen molar-refractivity contribution < 1.29 is 14.3 Å². The van der Waals surface area contributed by atoms with E-state index in [1.807, 2.05) is 0 Å². The predicted octanol–water partition coefficient (Wildman–Crippen LogP) is 2.20. The third-order valence-corrected chi connectivity index (χ3v) is 4.96. The zero-order valence-electron chi connectivity index (χ0n) is 12.8. The first-order chi connectivity index (χ1) is 11.6. The van der Waals surface area contributed by atoms with Crippen molar-refractivity contribution in [3.05, 3.63) is 52.1 Å². The van der Waals surface area contributed by atoms with Crippen LogP contribution >= 0.6 is 11.6 Å². The summed E-state index contributed by atoms with van der Waals surface area (Å²) in [5, 5.41) is 13.4. The summed E-state index contributed by atoms with van der Waals surface area (Å²) >= 11 is 6.08. The molecule has 2 heterocycles. The number of hydrogen-bond donors (Lipinski definition) is 1. The van der Waals surface area contributed by atoms with E-state index in [9.17, 15) is 9.18 Å². The topological polar surface area (TPSA) is 58.4 Å². The predicted molar refractivity (Wildman–Crippen MR) is 87.4 cm³/mol. The highest BCUT2D eigenvalue weighted by Crippen LogP contribution is 2.43. The highest BCUT2D eigenvalue weighted by atomic mass is 35.5. The van der Waals surface area contributed by atoms with Crippen LogP contribution in [0.5, 0.6) is 0 Å². The van der Waals surface area contributed by atoms with Crippen molar-refractivity contribution in [1.29, 1.82) is 0 Å². The lowest BCUT2D eigenvalue weighted by Crippen LogP contribution is -2.38. The molecule has 2 aromatic rings. The number of carbonyl (C=O) groups excluding carboxylic acids is 1. The molecule has 1 aliphatic carbocycles. The maximum Gasteiger partial charge on any atom is 0.248 e. The van der Waals surface area contributed by atoms with Crippen molar-refractivity contribution in [2.24, 2.45) is 0 Å². The van der Waals surface area contributed by atoms with E-state index in [2.05, 4.69) is 5.10 Å². The second-order valence-corrected chi connectivity index (χ2v) is 6.39. The van der Waals surface area contributed by atoms with Crippen molar-refractivity contribution in [2.75, 3.05) is 19.7 Å². The molecule has 0 saturated heterocycles. The van der Waals surface area contributed by atoms with E-state index in [1.54, 1.807) is 34.1 Å². The second-order valence-electron chi connectivity index (χ2n) is 5.98. The lowest BCUT2D eigenvalue weighted by molar-refractivity contribution is -0.133. The summed E-state index contributed by atoms with van der Waals surface area (Å²) < 4.78 is 16.2. The Morgan fingerprint density at radius 2 is 2.29 bits per heavy atom. The van der Waals surface area contributed by atoms with Gasteiger partial charge in [-0.15, -0.1) is 0 Å². The van der Waals surface area contributed by atoms with Gasteiger partial charge in [-0.2, -0.15) is 5.10 Å². The molecular weight excluding hydrogens is 333 g/mol. The van der Waals surface area contributed by atoms with Crippen molar-refractivity contribution in [3.8, 4) is 5.69 Å². The third kappa shape index (κ3) is 2.25. The van der Waals surface area contributed by atoms with Crippen LogP contribution in [-0.4, -0.2) is 45.4 Å². The van der Waals surface area contributed by atoms with Gasteiger partial charge in [0.1, 0.15) is 12.4 Å². The van der Waals surface area contributed by atoms with Crippen LogP contribution in [0, 0.1) is 5.82 Å². The lowest BCUT2D eigenvalue weighted by Gasteiger charge is -2.28. The van der Waals surface area contributed by atoms with Gasteiger partial charge in [0.2, 0.25) is 5.91 Å². The SMILES string of the molecule is O=C(CO)N1CCC2=C(C1)c1c(-n3cccn3)cc(Cl)c(F)c1C2. The molecule has 4 rings (SSSR count). The fourth-order valence-electron chi connectivity index (χ4n) is 3.54. The highest BCUT2D eigenvalue weighted by molar-refractivity contribution is 6.31. The summed E-state index contributed by atoms with van der Waals surface area (Å²) in [5.41, 5.74) is 4.12. The Hall–Kier alpha value is -2.18. The first-order valence-electron chi connectivity index (χ1n) is 7.71. The van der Waals surface area contributed by atoms with Gasteiger partial charge < -0.3 is 10.0 Å². The molecule has 5 nitrogen and oxygen atoms in total. The van der Waals surface area contributed by atoms with Gasteiger partial charge in [-0.1, -0.05) is 17.2 Å². The number of carbonyl (C=O) groups is 1. The number of aliphatic hydroxyl groups is 1. The Kier molecular flexibility index (Phi) is 3.66. The summed E-state index contributed by atoms with van der Waals surface area (Å²) in [4.78, 5) is 13.4. The summed E-state index contributed by atoms with van der Waals surface area (Å²) in [6.45, 7) is 0.395. The molecule has 0 saturated carbocycles. The first kappa shape index (κ1) is 15.4. The number of aliphatic hydroxyl groups excluding tert-OH is 1. The van der Waals surface area contributed by atoms with Gasteiger partial charge in [0.15, 0.2) is 0 Å². The quantitative estimate of drug-likeness (QED) is 0.906. The van der Waals surface area contributed by atoms with E-state index in [4.69, 9.17) is 16.7 Å². The summed E-state index contributed by atoms with van der Waals surface area (Å²) in [6, 6.07) is 3.36. The van der Waals surface area contributed by atoms with E-state index in [0.717, 1.165) is 16.7 Å². The molecule has 0 atom stereocenters. The van der Waals surface area contributed by atoms with Crippen molar-refractivity contribution in [3.63, 3.8) is 0 Å². The Labute approximate surface area is 142 Å². The highest BCUT2D eigenvalue weighted by Gasteiger charge is 2.33. The number of aromatic nitrogens is 2. The van der Waals surface area contributed by atoms with Crippen molar-refractivity contribution >= 4 is 23.1 Å². The van der Waals surface area contributed by atoms with Crippen LogP contribution < -0.4 is 0 Å². The van der Waals surface area contributed by atoms with E-state index in [0.29, 0.717) is 37.2 Å². The Bertz CT molecular complexity index is 861. The summed E-state index contributed by atoms with van der Waals surface area (Å²) in [5.74, 6) is -0.720. The molecule has 0 fully saturated rings. The molecule has 0 unspecified atom stereocenters. The average Bonchev–Trinajstić information content (AvgIpc) is 3.24. The molecule has 124 valence electrons. The van der Waals surface area contributed by atoms with Crippen LogP contribution in [0.1, 0.15) is 17.5 Å². The number of hydrogen-bond acceptors (Lipinski definition) is 3. The number of halogens is 2. The van der Waals surface area contributed by atoms with Crippen LogP contribution in [0.4, 0.5) is 4.39 Å². The van der Waals surface area contributed by atoms with Gasteiger partial charge in [0.05, 0.1) is 10.7 Å². The first-order valence-corrected chi connectivity index (χ1v) is 8.08. The van der Waals surface area contributed by atoms with Crippen molar-refractivity contribution in [2.45, 2.75) is 12.8 Å². The monoisotopic (exact) mass is 347 g/mol. The molecule has 1 aromatic heterocycles. The molecule has 1 amide bonds. The number of amides is 1. The van der Waals surface area contributed by atoms with Crippen LogP contribution in [0.25, 0.3) is 11.3 Å². The smallest absolute Gasteiger partial charge is 0.248 e. The lowest BCUT2D eigenvalue weighted by atomic mass is 9.98. The molecule has 7 heteroatoms. The van der Waals surface area contributed by atoms with Gasteiger partial charge in [-0.3, -0.25) is 4.79 Å². The van der Waals surface area contributed by atoms with Gasteiger partial charge in [0, 0.05) is 36.6 Å². The van der Waals surface area contributed by atoms with Crippen molar-refractivity contribution in [1.82, 2.24) is 14.7 Å². The van der Waals surface area contributed by atoms with E-state index < -0.39 is 12.4 Å². The van der Waals surface area contributed by atoms with E-state index >= 15 is 0 Å². The van der Waals surface area contributed by atoms with Crippen LogP contribution in [0.3, 0.4) is 0 Å². The molecule has 2 aliphatic rings. The number of benzene rings is 1.